The van der Waals surface area contributed by atoms with Crippen LogP contribution in [0.25, 0.3) is 11.1 Å². The normalized spacial score (nSPS) is 11.1. The van der Waals surface area contributed by atoms with Crippen LogP contribution in [0.2, 0.25) is 0 Å². The molecule has 0 aromatic heterocycles. The molecule has 0 atom stereocenters. The minimum absolute atomic E-state index is 0.382. The van der Waals surface area contributed by atoms with Crippen molar-refractivity contribution in [1.29, 1.82) is 0 Å². The van der Waals surface area contributed by atoms with Gasteiger partial charge in [-0.3, -0.25) is 0 Å². The summed E-state index contributed by atoms with van der Waals surface area (Å²) in [5.74, 6) is 4.23. The Morgan fingerprint density at radius 3 is 1.21 bits per heavy atom. The molecule has 3 aromatic rings. The highest BCUT2D eigenvalue weighted by molar-refractivity contribution is 6.18. The van der Waals surface area contributed by atoms with Gasteiger partial charge < -0.3 is 18.9 Å². The van der Waals surface area contributed by atoms with Gasteiger partial charge in [0.05, 0.1) is 38.7 Å². The number of hydrogen-bond acceptors (Lipinski definition) is 4. The molecule has 0 unspecified atom stereocenters. The molecule has 6 heteroatoms. The number of rotatable bonds is 27. The highest BCUT2D eigenvalue weighted by Gasteiger charge is 2.11. The Kier molecular flexibility index (Phi) is 20.3. The Bertz CT molecular complexity index is 1210. The molecular weight excluding hydrogens is 627 g/mol. The van der Waals surface area contributed by atoms with Gasteiger partial charge in [0.15, 0.2) is 0 Å². The number of hydrogen-bond donors (Lipinski definition) is 0. The van der Waals surface area contributed by atoms with E-state index in [1.54, 1.807) is 7.11 Å². The van der Waals surface area contributed by atoms with Crippen LogP contribution in [0.5, 0.6) is 23.0 Å². The lowest BCUT2D eigenvalue weighted by molar-refractivity contribution is 0.299. The standard InChI is InChI=1S/C41H58Cl2O4/c1-3-4-5-6-7-10-13-16-27-45-38-23-19-34(20-24-38)35-21-25-39(26-22-35)46-28-17-14-11-8-9-12-15-18-29-47-41-31-36(32-42)40(44-2)30-37(41)33-43/h19-26,30-31H,3-18,27-29,32-33H2,1-2H3. The second-order valence-electron chi connectivity index (χ2n) is 12.4. The lowest BCUT2D eigenvalue weighted by Gasteiger charge is -2.14. The molecule has 0 N–H and O–H groups in total. The van der Waals surface area contributed by atoms with Crippen molar-refractivity contribution in [3.05, 3.63) is 71.8 Å². The van der Waals surface area contributed by atoms with Gasteiger partial charge in [-0.1, -0.05) is 115 Å². The monoisotopic (exact) mass is 684 g/mol. The number of halogens is 2. The molecule has 0 aliphatic rings. The van der Waals surface area contributed by atoms with E-state index in [1.807, 2.05) is 12.1 Å². The van der Waals surface area contributed by atoms with Crippen molar-refractivity contribution in [2.75, 3.05) is 26.9 Å². The molecule has 0 aliphatic carbocycles. The summed E-state index contributed by atoms with van der Waals surface area (Å²) in [6.07, 6.45) is 20.1. The van der Waals surface area contributed by atoms with Crippen LogP contribution in [0.15, 0.2) is 60.7 Å². The Hall–Kier alpha value is -2.56. The maximum absolute atomic E-state index is 6.11. The van der Waals surface area contributed by atoms with Gasteiger partial charge in [-0.2, -0.15) is 0 Å². The minimum atomic E-state index is 0.382. The third kappa shape index (κ3) is 15.5. The fraction of sp³-hybridized carbons (Fsp3) is 0.561. The van der Waals surface area contributed by atoms with Crippen LogP contribution in [-0.2, 0) is 11.8 Å². The molecule has 0 bridgehead atoms. The van der Waals surface area contributed by atoms with E-state index in [0.717, 1.165) is 66.6 Å². The van der Waals surface area contributed by atoms with Crippen molar-refractivity contribution in [3.63, 3.8) is 0 Å². The molecule has 0 radical (unpaired) electrons. The third-order valence-corrected chi connectivity index (χ3v) is 9.20. The molecular formula is C41H58Cl2O4. The second kappa shape index (κ2) is 24.6. The van der Waals surface area contributed by atoms with E-state index in [9.17, 15) is 0 Å². The van der Waals surface area contributed by atoms with Gasteiger partial charge in [0.1, 0.15) is 23.0 Å². The number of unbranched alkanes of at least 4 members (excludes halogenated alkanes) is 14. The number of alkyl halides is 2. The van der Waals surface area contributed by atoms with Gasteiger partial charge in [-0.25, -0.2) is 0 Å². The molecule has 0 heterocycles. The molecule has 0 aliphatic heterocycles. The van der Waals surface area contributed by atoms with Gasteiger partial charge in [0.2, 0.25) is 0 Å². The summed E-state index contributed by atoms with van der Waals surface area (Å²) in [5, 5.41) is 0. The molecule has 0 saturated carbocycles. The zero-order chi connectivity index (χ0) is 33.4. The molecule has 47 heavy (non-hydrogen) atoms. The predicted molar refractivity (Wildman–Crippen MR) is 200 cm³/mol. The van der Waals surface area contributed by atoms with Gasteiger partial charge in [-0.05, 0) is 66.8 Å². The molecule has 0 fully saturated rings. The molecule has 3 rings (SSSR count). The molecule has 0 amide bonds. The lowest BCUT2D eigenvalue weighted by Crippen LogP contribution is -2.02. The Morgan fingerprint density at radius 2 is 0.809 bits per heavy atom. The van der Waals surface area contributed by atoms with Crippen molar-refractivity contribution in [3.8, 4) is 34.1 Å². The number of ether oxygens (including phenoxy) is 4. The van der Waals surface area contributed by atoms with Crippen LogP contribution in [0.3, 0.4) is 0 Å². The van der Waals surface area contributed by atoms with E-state index >= 15 is 0 Å². The largest absolute Gasteiger partial charge is 0.496 e. The second-order valence-corrected chi connectivity index (χ2v) is 13.0. The van der Waals surface area contributed by atoms with Crippen LogP contribution in [0.1, 0.15) is 121 Å². The van der Waals surface area contributed by atoms with E-state index in [0.29, 0.717) is 18.4 Å². The third-order valence-electron chi connectivity index (χ3n) is 8.63. The first-order chi connectivity index (χ1) is 23.2. The maximum atomic E-state index is 6.11. The fourth-order valence-corrected chi connectivity index (χ4v) is 6.15. The van der Waals surface area contributed by atoms with E-state index in [2.05, 4.69) is 55.5 Å². The van der Waals surface area contributed by atoms with Crippen LogP contribution < -0.4 is 18.9 Å². The van der Waals surface area contributed by atoms with Crippen LogP contribution >= 0.6 is 23.2 Å². The Labute approximate surface area is 295 Å². The van der Waals surface area contributed by atoms with Crippen molar-refractivity contribution >= 4 is 23.2 Å². The van der Waals surface area contributed by atoms with Crippen LogP contribution in [0, 0.1) is 0 Å². The topological polar surface area (TPSA) is 36.9 Å². The summed E-state index contributed by atoms with van der Waals surface area (Å²) >= 11 is 12.2. The van der Waals surface area contributed by atoms with E-state index in [4.69, 9.17) is 42.1 Å². The Balaban J connectivity index is 1.18. The quantitative estimate of drug-likeness (QED) is 0.0591. The number of methoxy groups -OCH3 is 1. The van der Waals surface area contributed by atoms with Gasteiger partial charge >= 0.3 is 0 Å². The van der Waals surface area contributed by atoms with Crippen LogP contribution in [-0.4, -0.2) is 26.9 Å². The van der Waals surface area contributed by atoms with Gasteiger partial charge in [-0.15, -0.1) is 23.2 Å². The number of benzene rings is 3. The summed E-state index contributed by atoms with van der Waals surface area (Å²) in [7, 11) is 1.65. The summed E-state index contributed by atoms with van der Waals surface area (Å²) in [6, 6.07) is 20.8. The molecule has 260 valence electrons. The lowest BCUT2D eigenvalue weighted by atomic mass is 10.1. The Morgan fingerprint density at radius 1 is 0.447 bits per heavy atom. The molecule has 3 aromatic carbocycles. The van der Waals surface area contributed by atoms with Crippen molar-refractivity contribution in [2.45, 2.75) is 121 Å². The summed E-state index contributed by atoms with van der Waals surface area (Å²) < 4.78 is 23.4. The van der Waals surface area contributed by atoms with E-state index < -0.39 is 0 Å². The summed E-state index contributed by atoms with van der Waals surface area (Å²) in [5.41, 5.74) is 4.25. The van der Waals surface area contributed by atoms with Gasteiger partial charge in [0, 0.05) is 11.1 Å². The average Bonchev–Trinajstić information content (AvgIpc) is 3.11. The van der Waals surface area contributed by atoms with Crippen LogP contribution in [0.4, 0.5) is 0 Å². The molecule has 0 saturated heterocycles. The van der Waals surface area contributed by atoms with E-state index in [1.165, 1.54) is 94.6 Å². The maximum Gasteiger partial charge on any atom is 0.124 e. The fourth-order valence-electron chi connectivity index (χ4n) is 5.73. The smallest absolute Gasteiger partial charge is 0.124 e. The first kappa shape index (κ1) is 38.9. The highest BCUT2D eigenvalue weighted by Crippen LogP contribution is 2.31. The molecule has 0 spiro atoms. The van der Waals surface area contributed by atoms with Crippen molar-refractivity contribution < 1.29 is 18.9 Å². The first-order valence-electron chi connectivity index (χ1n) is 18.1. The van der Waals surface area contributed by atoms with E-state index in [-0.39, 0.29) is 0 Å². The predicted octanol–water partition coefficient (Wildman–Crippen LogP) is 12.9. The zero-order valence-electron chi connectivity index (χ0n) is 29.0. The summed E-state index contributed by atoms with van der Waals surface area (Å²) in [4.78, 5) is 0. The first-order valence-corrected chi connectivity index (χ1v) is 19.2. The summed E-state index contributed by atoms with van der Waals surface area (Å²) in [6.45, 7) is 4.53. The van der Waals surface area contributed by atoms with Gasteiger partial charge in [0.25, 0.3) is 0 Å². The zero-order valence-corrected chi connectivity index (χ0v) is 30.5. The molecule has 4 nitrogen and oxygen atoms in total. The average molecular weight is 686 g/mol. The minimum Gasteiger partial charge on any atom is -0.496 e. The van der Waals surface area contributed by atoms with Crippen molar-refractivity contribution in [1.82, 2.24) is 0 Å². The SMILES string of the molecule is CCCCCCCCCCOc1ccc(-c2ccc(OCCCCCCCCCCOc3cc(CCl)c(OC)cc3CCl)cc2)cc1. The highest BCUT2D eigenvalue weighted by atomic mass is 35.5. The van der Waals surface area contributed by atoms with Crippen molar-refractivity contribution in [2.24, 2.45) is 0 Å².